The Morgan fingerprint density at radius 2 is 1.94 bits per heavy atom. The summed E-state index contributed by atoms with van der Waals surface area (Å²) in [5, 5.41) is 0. The van der Waals surface area contributed by atoms with Gasteiger partial charge in [-0.1, -0.05) is 19.8 Å². The number of nitrogens with two attached hydrogens (primary N) is 1. The predicted octanol–water partition coefficient (Wildman–Crippen LogP) is 1.53. The van der Waals surface area contributed by atoms with Gasteiger partial charge < -0.3 is 5.73 Å². The highest BCUT2D eigenvalue weighted by atomic mass is 15.3. The first-order valence-corrected chi connectivity index (χ1v) is 7.42. The van der Waals surface area contributed by atoms with E-state index < -0.39 is 0 Å². The number of hydrogen-bond donors (Lipinski definition) is 1. The van der Waals surface area contributed by atoms with Gasteiger partial charge in [-0.05, 0) is 32.2 Å². The Hall–Kier alpha value is -0.120. The van der Waals surface area contributed by atoms with E-state index in [1.807, 2.05) is 0 Å². The maximum atomic E-state index is 6.37. The van der Waals surface area contributed by atoms with E-state index in [9.17, 15) is 0 Å². The molecule has 2 N–H and O–H groups in total. The van der Waals surface area contributed by atoms with E-state index in [1.165, 1.54) is 51.9 Å². The molecule has 0 aromatic rings. The largest absolute Gasteiger partial charge is 0.326 e. The van der Waals surface area contributed by atoms with Gasteiger partial charge in [-0.25, -0.2) is 0 Å². The van der Waals surface area contributed by atoms with Crippen LogP contribution in [0.3, 0.4) is 0 Å². The fourth-order valence-electron chi connectivity index (χ4n) is 3.54. The van der Waals surface area contributed by atoms with Crippen LogP contribution in [-0.4, -0.2) is 54.6 Å². The molecule has 100 valence electrons. The van der Waals surface area contributed by atoms with Gasteiger partial charge in [0.2, 0.25) is 0 Å². The van der Waals surface area contributed by atoms with Gasteiger partial charge in [-0.2, -0.15) is 0 Å². The summed E-state index contributed by atoms with van der Waals surface area (Å²) in [5.41, 5.74) is 6.37. The fraction of sp³-hybridized carbons (Fsp3) is 1.00. The molecule has 17 heavy (non-hydrogen) atoms. The lowest BCUT2D eigenvalue weighted by molar-refractivity contribution is 0.0796. The lowest BCUT2D eigenvalue weighted by Crippen LogP contribution is -2.54. The van der Waals surface area contributed by atoms with Gasteiger partial charge >= 0.3 is 0 Å². The average molecular weight is 239 g/mol. The molecular formula is C14H29N3. The molecule has 0 radical (unpaired) electrons. The molecule has 0 aromatic heterocycles. The highest BCUT2D eigenvalue weighted by molar-refractivity contribution is 4.84. The predicted molar refractivity (Wildman–Crippen MR) is 73.1 cm³/mol. The molecule has 2 fully saturated rings. The molecule has 2 atom stereocenters. The fourth-order valence-corrected chi connectivity index (χ4v) is 3.54. The van der Waals surface area contributed by atoms with Gasteiger partial charge in [-0.3, -0.25) is 9.80 Å². The van der Waals surface area contributed by atoms with Crippen LogP contribution >= 0.6 is 0 Å². The first-order chi connectivity index (χ1) is 8.20. The first-order valence-electron chi connectivity index (χ1n) is 7.42. The Labute approximate surface area is 106 Å². The maximum absolute atomic E-state index is 6.37. The quantitative estimate of drug-likeness (QED) is 0.807. The van der Waals surface area contributed by atoms with Crippen molar-refractivity contribution in [3.8, 4) is 0 Å². The number of nitrogens with zero attached hydrogens (tertiary/aromatic N) is 2. The van der Waals surface area contributed by atoms with Crippen molar-refractivity contribution in [2.75, 3.05) is 32.7 Å². The summed E-state index contributed by atoms with van der Waals surface area (Å²) < 4.78 is 0. The summed E-state index contributed by atoms with van der Waals surface area (Å²) in [6.07, 6.45) is 5.54. The molecule has 2 rings (SSSR count). The van der Waals surface area contributed by atoms with Crippen LogP contribution < -0.4 is 5.73 Å². The molecule has 3 nitrogen and oxygen atoms in total. The summed E-state index contributed by atoms with van der Waals surface area (Å²) in [4.78, 5) is 5.15. The Bertz CT molecular complexity index is 226. The van der Waals surface area contributed by atoms with E-state index in [2.05, 4.69) is 23.6 Å². The second-order valence-corrected chi connectivity index (χ2v) is 5.95. The van der Waals surface area contributed by atoms with Gasteiger partial charge in [0.15, 0.2) is 0 Å². The van der Waals surface area contributed by atoms with Crippen LogP contribution in [0.25, 0.3) is 0 Å². The van der Waals surface area contributed by atoms with Crippen LogP contribution in [0.4, 0.5) is 0 Å². The molecule has 2 aliphatic rings. The van der Waals surface area contributed by atoms with E-state index in [0.717, 1.165) is 12.5 Å². The van der Waals surface area contributed by atoms with Crippen molar-refractivity contribution in [2.24, 2.45) is 11.7 Å². The Morgan fingerprint density at radius 1 is 1.24 bits per heavy atom. The second-order valence-electron chi connectivity index (χ2n) is 5.95. The van der Waals surface area contributed by atoms with E-state index in [4.69, 9.17) is 5.73 Å². The van der Waals surface area contributed by atoms with Crippen LogP contribution in [0, 0.1) is 5.92 Å². The first kappa shape index (κ1) is 13.3. The molecule has 0 bridgehead atoms. The van der Waals surface area contributed by atoms with Gasteiger partial charge in [-0.15, -0.1) is 0 Å². The third-order valence-corrected chi connectivity index (χ3v) is 4.73. The smallest absolute Gasteiger partial charge is 0.0196 e. The summed E-state index contributed by atoms with van der Waals surface area (Å²) in [7, 11) is 0. The Morgan fingerprint density at radius 3 is 2.53 bits per heavy atom. The van der Waals surface area contributed by atoms with Gasteiger partial charge in [0.05, 0.1) is 0 Å². The molecule has 1 saturated carbocycles. The van der Waals surface area contributed by atoms with E-state index in [0.29, 0.717) is 12.1 Å². The third kappa shape index (κ3) is 3.43. The monoisotopic (exact) mass is 239 g/mol. The number of hydrogen-bond acceptors (Lipinski definition) is 3. The van der Waals surface area contributed by atoms with Crippen molar-refractivity contribution < 1.29 is 0 Å². The molecule has 0 amide bonds. The number of piperazine rings is 1. The maximum Gasteiger partial charge on any atom is 0.0196 e. The highest BCUT2D eigenvalue weighted by Crippen LogP contribution is 2.27. The van der Waals surface area contributed by atoms with Crippen molar-refractivity contribution in [3.05, 3.63) is 0 Å². The minimum atomic E-state index is 0.415. The van der Waals surface area contributed by atoms with Crippen molar-refractivity contribution >= 4 is 0 Å². The molecule has 1 aliphatic heterocycles. The SMILES string of the molecule is CCN1CCN(CC(N)C2CCCC2)CC1C. The zero-order chi connectivity index (χ0) is 12.3. The Balaban J connectivity index is 1.76. The van der Waals surface area contributed by atoms with Crippen molar-refractivity contribution in [1.82, 2.24) is 9.80 Å². The molecule has 0 aromatic carbocycles. The third-order valence-electron chi connectivity index (χ3n) is 4.73. The molecule has 1 heterocycles. The molecule has 2 unspecified atom stereocenters. The minimum absolute atomic E-state index is 0.415. The van der Waals surface area contributed by atoms with Crippen LogP contribution in [0.2, 0.25) is 0 Å². The molecule has 0 spiro atoms. The number of likely N-dealkylation sites (N-methyl/N-ethyl adjacent to an activating group) is 1. The Kier molecular flexibility index (Phi) is 4.83. The van der Waals surface area contributed by atoms with E-state index in [-0.39, 0.29) is 0 Å². The summed E-state index contributed by atoms with van der Waals surface area (Å²) in [5.74, 6) is 0.800. The minimum Gasteiger partial charge on any atom is -0.326 e. The summed E-state index contributed by atoms with van der Waals surface area (Å²) in [6.45, 7) is 10.5. The topological polar surface area (TPSA) is 32.5 Å². The standard InChI is InChI=1S/C14H29N3/c1-3-17-9-8-16(10-12(17)2)11-14(15)13-6-4-5-7-13/h12-14H,3-11,15H2,1-2H3. The molecule has 1 saturated heterocycles. The van der Waals surface area contributed by atoms with E-state index in [1.54, 1.807) is 0 Å². The van der Waals surface area contributed by atoms with Gasteiger partial charge in [0.25, 0.3) is 0 Å². The van der Waals surface area contributed by atoms with Crippen molar-refractivity contribution in [2.45, 2.75) is 51.6 Å². The summed E-state index contributed by atoms with van der Waals surface area (Å²) >= 11 is 0. The highest BCUT2D eigenvalue weighted by Gasteiger charge is 2.27. The lowest BCUT2D eigenvalue weighted by atomic mass is 9.98. The molecule has 1 aliphatic carbocycles. The van der Waals surface area contributed by atoms with Crippen molar-refractivity contribution in [1.29, 1.82) is 0 Å². The normalized spacial score (nSPS) is 30.9. The van der Waals surface area contributed by atoms with Crippen molar-refractivity contribution in [3.63, 3.8) is 0 Å². The van der Waals surface area contributed by atoms with Gasteiger partial charge in [0, 0.05) is 38.3 Å². The zero-order valence-corrected chi connectivity index (χ0v) is 11.6. The van der Waals surface area contributed by atoms with Crippen LogP contribution in [0.1, 0.15) is 39.5 Å². The van der Waals surface area contributed by atoms with E-state index >= 15 is 0 Å². The molecular weight excluding hydrogens is 210 g/mol. The zero-order valence-electron chi connectivity index (χ0n) is 11.6. The molecule has 3 heteroatoms. The van der Waals surface area contributed by atoms with Gasteiger partial charge in [0.1, 0.15) is 0 Å². The lowest BCUT2D eigenvalue weighted by Gasteiger charge is -2.40. The average Bonchev–Trinajstić information content (AvgIpc) is 2.82. The van der Waals surface area contributed by atoms with Crippen LogP contribution in [0.15, 0.2) is 0 Å². The second kappa shape index (κ2) is 6.17. The van der Waals surface area contributed by atoms with Crippen LogP contribution in [0.5, 0.6) is 0 Å². The number of rotatable bonds is 4. The summed E-state index contributed by atoms with van der Waals surface area (Å²) in [6, 6.07) is 1.11. The van der Waals surface area contributed by atoms with Crippen LogP contribution in [-0.2, 0) is 0 Å².